The maximum atomic E-state index is 2.58. The van der Waals surface area contributed by atoms with Crippen molar-refractivity contribution in [3.8, 4) is 81.3 Å². The molecule has 2 nitrogen and oxygen atoms in total. The zero-order valence-corrected chi connectivity index (χ0v) is 42.4. The Morgan fingerprint density at radius 3 is 0.852 bits per heavy atom. The Morgan fingerprint density at radius 1 is 0.311 bits per heavy atom. The summed E-state index contributed by atoms with van der Waals surface area (Å²) >= 11 is 17.1. The molecule has 0 aliphatic rings. The lowest BCUT2D eigenvalue weighted by molar-refractivity contribution is 0.591. The van der Waals surface area contributed by atoms with Crippen molar-refractivity contribution >= 4 is 103 Å². The second kappa shape index (κ2) is 20.3. The molecule has 0 spiro atoms. The quantitative estimate of drug-likeness (QED) is 0.0556. The van der Waals surface area contributed by atoms with Crippen molar-refractivity contribution in [1.29, 1.82) is 0 Å². The number of rotatable bonds is 20. The molecule has 0 saturated carbocycles. The van der Waals surface area contributed by atoms with Crippen molar-refractivity contribution < 1.29 is 0 Å². The molecule has 0 amide bonds. The van der Waals surface area contributed by atoms with Gasteiger partial charge in [0.05, 0.1) is 50.7 Å². The number of hydrogen-bond acceptors (Lipinski definition) is 9. The minimum atomic E-state index is 1.06. The van der Waals surface area contributed by atoms with Crippen molar-refractivity contribution in [2.45, 2.75) is 86.7 Å². The van der Waals surface area contributed by atoms with E-state index < -0.39 is 0 Å². The van der Waals surface area contributed by atoms with Crippen LogP contribution in [0.5, 0.6) is 0 Å². The third-order valence-corrected chi connectivity index (χ3v) is 21.6. The van der Waals surface area contributed by atoms with Gasteiger partial charge in [-0.1, -0.05) is 52.4 Å². The van der Waals surface area contributed by atoms with Crippen LogP contribution in [0.25, 0.3) is 81.3 Å². The first-order valence-corrected chi connectivity index (χ1v) is 29.4. The molecule has 0 aromatic carbocycles. The number of aromatic nitrogens is 2. The molecular formula is C50H50N2S9. The normalized spacial score (nSPS) is 11.7. The van der Waals surface area contributed by atoms with E-state index in [1.54, 1.807) is 0 Å². The van der Waals surface area contributed by atoms with Gasteiger partial charge < -0.3 is 9.13 Å². The molecule has 61 heavy (non-hydrogen) atoms. The van der Waals surface area contributed by atoms with Gasteiger partial charge in [0, 0.05) is 52.1 Å². The highest BCUT2D eigenvalue weighted by Crippen LogP contribution is 2.47. The second-order valence-corrected chi connectivity index (χ2v) is 24.9. The maximum absolute atomic E-state index is 2.58. The topological polar surface area (TPSA) is 9.86 Å². The Kier molecular flexibility index (Phi) is 14.5. The summed E-state index contributed by atoms with van der Waals surface area (Å²) in [6.45, 7) is 6.71. The molecular weight excluding hydrogens is 917 g/mol. The van der Waals surface area contributed by atoms with E-state index in [0.717, 1.165) is 13.1 Å². The summed E-state index contributed by atoms with van der Waals surface area (Å²) in [5, 5.41) is 0. The van der Waals surface area contributed by atoms with Crippen LogP contribution in [0, 0.1) is 0 Å². The minimum Gasteiger partial charge on any atom is -0.339 e. The highest BCUT2D eigenvalue weighted by molar-refractivity contribution is 8.00. The van der Waals surface area contributed by atoms with E-state index >= 15 is 0 Å². The molecule has 0 bridgehead atoms. The van der Waals surface area contributed by atoms with Crippen LogP contribution < -0.4 is 0 Å². The zero-order valence-electron chi connectivity index (χ0n) is 35.0. The van der Waals surface area contributed by atoms with Crippen molar-refractivity contribution in [1.82, 2.24) is 9.13 Å². The molecule has 11 heteroatoms. The van der Waals surface area contributed by atoms with E-state index in [-0.39, 0.29) is 0 Å². The highest BCUT2D eigenvalue weighted by atomic mass is 32.2. The van der Waals surface area contributed by atoms with Gasteiger partial charge in [-0.25, -0.2) is 0 Å². The molecule has 0 aliphatic heterocycles. The van der Waals surface area contributed by atoms with Crippen LogP contribution in [0.3, 0.4) is 0 Å². The smallest absolute Gasteiger partial charge is 0.0603 e. The summed E-state index contributed by atoms with van der Waals surface area (Å²) in [4.78, 5) is 16.2. The predicted molar refractivity (Wildman–Crippen MR) is 283 cm³/mol. The van der Waals surface area contributed by atoms with Crippen LogP contribution in [0.1, 0.15) is 65.2 Å². The Balaban J connectivity index is 0.907. The van der Waals surface area contributed by atoms with Crippen molar-refractivity contribution in [2.75, 3.05) is 12.5 Å². The fourth-order valence-electron chi connectivity index (χ4n) is 7.83. The average molecular weight is 968 g/mol. The van der Waals surface area contributed by atoms with Crippen LogP contribution in [0.4, 0.5) is 0 Å². The fourth-order valence-corrected chi connectivity index (χ4v) is 16.4. The molecule has 0 radical (unpaired) electrons. The summed E-state index contributed by atoms with van der Waals surface area (Å²) in [6.07, 6.45) is 14.4. The van der Waals surface area contributed by atoms with E-state index in [0.29, 0.717) is 0 Å². The van der Waals surface area contributed by atoms with Crippen LogP contribution in [-0.2, 0) is 13.1 Å². The summed E-state index contributed by atoms with van der Waals surface area (Å²) in [5.74, 6) is 0. The largest absolute Gasteiger partial charge is 0.339 e. The number of thioether (sulfide) groups is 2. The molecule has 9 aromatic heterocycles. The molecule has 9 aromatic rings. The van der Waals surface area contributed by atoms with E-state index in [2.05, 4.69) is 145 Å². The van der Waals surface area contributed by atoms with Crippen LogP contribution in [0.15, 0.2) is 118 Å². The second-order valence-electron chi connectivity index (χ2n) is 15.1. The fraction of sp³-hybridized carbons (Fsp3) is 0.280. The Morgan fingerprint density at radius 2 is 0.574 bits per heavy atom. The Bertz CT molecular complexity index is 2610. The first-order valence-electron chi connectivity index (χ1n) is 21.2. The maximum Gasteiger partial charge on any atom is 0.0603 e. The average Bonchev–Trinajstić information content (AvgIpc) is 4.13. The summed E-state index contributed by atoms with van der Waals surface area (Å²) in [7, 11) is 0. The van der Waals surface area contributed by atoms with Gasteiger partial charge in [0.1, 0.15) is 0 Å². The van der Waals surface area contributed by atoms with Gasteiger partial charge in [0.15, 0.2) is 0 Å². The molecule has 0 N–H and O–H groups in total. The van der Waals surface area contributed by atoms with Crippen molar-refractivity contribution in [3.63, 3.8) is 0 Å². The van der Waals surface area contributed by atoms with Crippen LogP contribution >= 0.6 is 103 Å². The number of thiophene rings is 7. The lowest BCUT2D eigenvalue weighted by Crippen LogP contribution is -2.01. The summed E-state index contributed by atoms with van der Waals surface area (Å²) in [5.41, 5.74) is 5.39. The van der Waals surface area contributed by atoms with Gasteiger partial charge in [-0.15, -0.1) is 103 Å². The van der Waals surface area contributed by atoms with E-state index in [4.69, 9.17) is 0 Å². The van der Waals surface area contributed by atoms with Crippen LogP contribution in [-0.4, -0.2) is 21.6 Å². The van der Waals surface area contributed by atoms with Gasteiger partial charge in [-0.2, -0.15) is 0 Å². The van der Waals surface area contributed by atoms with E-state index in [1.165, 1.54) is 141 Å². The molecule has 0 aliphatic carbocycles. The first kappa shape index (κ1) is 43.4. The molecule has 0 atom stereocenters. The molecule has 0 fully saturated rings. The Hall–Kier alpha value is -2.84. The number of hydrogen-bond donors (Lipinski definition) is 0. The molecule has 0 unspecified atom stereocenters. The number of nitrogens with zero attached hydrogens (tertiary/aromatic N) is 2. The first-order chi connectivity index (χ1) is 30.0. The molecule has 9 rings (SSSR count). The summed E-state index contributed by atoms with van der Waals surface area (Å²) < 4.78 is 7.91. The minimum absolute atomic E-state index is 1.06. The SMILES string of the molecule is CCCCCCn1c(-c2ccc(SC)s2)ccc1-c1ccc(-c2ccc(-c3ccc(-c4ccc(-c5ccc(-c6ccc(-c7ccc(SC)s7)n6CCCCCC)s5)s4)s3)s2)s1. The predicted octanol–water partition coefficient (Wildman–Crippen LogP) is 19.7. The Labute approximate surface area is 398 Å². The standard InChI is InChI=1S/C50H50N2S9/c1-5-7-9-11-31-51-33(13-15-35(51)39-27-29-49(53-3)60-39)37-17-19-41(55-37)43-21-23-45(57-43)47-25-26-48(59-47)46-24-22-44(58-46)42-20-18-38(56-42)34-14-16-36(40-28-30-50(54-4)61-40)52(34)32-12-10-8-6-2/h13-30H,5-12,31-32H2,1-4H3. The van der Waals surface area contributed by atoms with Crippen molar-refractivity contribution in [3.05, 3.63) is 109 Å². The lowest BCUT2D eigenvalue weighted by Gasteiger charge is -2.12. The molecule has 314 valence electrons. The highest BCUT2D eigenvalue weighted by Gasteiger charge is 2.19. The van der Waals surface area contributed by atoms with E-state index in [9.17, 15) is 0 Å². The zero-order chi connectivity index (χ0) is 41.7. The van der Waals surface area contributed by atoms with Gasteiger partial charge in [0.25, 0.3) is 0 Å². The number of unbranched alkanes of at least 4 members (excludes halogenated alkanes) is 6. The third-order valence-electron chi connectivity index (χ3n) is 11.0. The monoisotopic (exact) mass is 966 g/mol. The lowest BCUT2D eigenvalue weighted by atomic mass is 10.2. The van der Waals surface area contributed by atoms with Gasteiger partial charge in [0.2, 0.25) is 0 Å². The van der Waals surface area contributed by atoms with Gasteiger partial charge in [-0.3, -0.25) is 0 Å². The van der Waals surface area contributed by atoms with Crippen molar-refractivity contribution in [2.24, 2.45) is 0 Å². The molecule has 0 saturated heterocycles. The van der Waals surface area contributed by atoms with E-state index in [1.807, 2.05) is 103 Å². The van der Waals surface area contributed by atoms with Gasteiger partial charge in [-0.05, 0) is 135 Å². The summed E-state index contributed by atoms with van der Waals surface area (Å²) in [6, 6.07) is 41.8. The van der Waals surface area contributed by atoms with Crippen LogP contribution in [0.2, 0.25) is 0 Å². The molecule has 9 heterocycles. The third kappa shape index (κ3) is 9.66. The van der Waals surface area contributed by atoms with Gasteiger partial charge >= 0.3 is 0 Å².